The standard InChI is InChI=1S/C25H25FN4O2/c1-14-10-17(26)8-9-18(14)19-11-20(15-4-6-16(7-5-15)25(2,3)32)29-30-21-12-27-13-22(31)23(21)28-24(19)30/h4-11,22,27,31-32H,12-13H2,1-3H3. The van der Waals surface area contributed by atoms with E-state index in [9.17, 15) is 14.6 Å². The van der Waals surface area contributed by atoms with Crippen LogP contribution in [0.2, 0.25) is 0 Å². The van der Waals surface area contributed by atoms with E-state index in [1.165, 1.54) is 12.1 Å². The summed E-state index contributed by atoms with van der Waals surface area (Å²) in [5, 5.41) is 28.8. The molecule has 1 unspecified atom stereocenters. The second-order valence-electron chi connectivity index (χ2n) is 8.86. The van der Waals surface area contributed by atoms with Gasteiger partial charge in [-0.3, -0.25) is 0 Å². The molecule has 164 valence electrons. The Morgan fingerprint density at radius 3 is 2.53 bits per heavy atom. The first-order valence-electron chi connectivity index (χ1n) is 10.6. The number of rotatable bonds is 3. The number of benzene rings is 2. The van der Waals surface area contributed by atoms with Gasteiger partial charge in [-0.05, 0) is 55.7 Å². The van der Waals surface area contributed by atoms with Crippen LogP contribution >= 0.6 is 0 Å². The molecule has 6 nitrogen and oxygen atoms in total. The van der Waals surface area contributed by atoms with E-state index in [2.05, 4.69) is 5.32 Å². The molecule has 0 aliphatic carbocycles. The predicted molar refractivity (Wildman–Crippen MR) is 120 cm³/mol. The molecule has 0 fully saturated rings. The quantitative estimate of drug-likeness (QED) is 0.458. The lowest BCUT2D eigenvalue weighted by molar-refractivity contribution is 0.0786. The Kier molecular flexibility index (Phi) is 4.85. The summed E-state index contributed by atoms with van der Waals surface area (Å²) in [6.07, 6.45) is -0.711. The highest BCUT2D eigenvalue weighted by Crippen LogP contribution is 2.34. The van der Waals surface area contributed by atoms with E-state index in [1.807, 2.05) is 37.3 Å². The van der Waals surface area contributed by atoms with Crippen LogP contribution in [0.5, 0.6) is 0 Å². The summed E-state index contributed by atoms with van der Waals surface area (Å²) in [5.74, 6) is -0.291. The lowest BCUT2D eigenvalue weighted by atomic mass is 9.96. The van der Waals surface area contributed by atoms with Crippen molar-refractivity contribution >= 4 is 5.65 Å². The summed E-state index contributed by atoms with van der Waals surface area (Å²) in [6.45, 7) is 6.35. The number of nitrogens with one attached hydrogen (secondary N) is 1. The molecule has 0 saturated heterocycles. The summed E-state index contributed by atoms with van der Waals surface area (Å²) in [6, 6.07) is 14.3. The van der Waals surface area contributed by atoms with Crippen LogP contribution in [0.1, 0.15) is 42.5 Å². The largest absolute Gasteiger partial charge is 0.386 e. The van der Waals surface area contributed by atoms with Crippen LogP contribution in [0, 0.1) is 12.7 Å². The third kappa shape index (κ3) is 3.48. The molecule has 2 aromatic heterocycles. The smallest absolute Gasteiger partial charge is 0.162 e. The molecule has 2 aromatic carbocycles. The summed E-state index contributed by atoms with van der Waals surface area (Å²) in [7, 11) is 0. The topological polar surface area (TPSA) is 82.7 Å². The fourth-order valence-electron chi connectivity index (χ4n) is 4.26. The Hall–Kier alpha value is -3.13. The van der Waals surface area contributed by atoms with Crippen LogP contribution in [0.25, 0.3) is 28.0 Å². The first kappa shape index (κ1) is 20.8. The van der Waals surface area contributed by atoms with Gasteiger partial charge in [0.1, 0.15) is 11.9 Å². The average Bonchev–Trinajstić information content (AvgIpc) is 3.13. The summed E-state index contributed by atoms with van der Waals surface area (Å²) >= 11 is 0. The second kappa shape index (κ2) is 7.48. The van der Waals surface area contributed by atoms with Crippen molar-refractivity contribution in [2.24, 2.45) is 0 Å². The van der Waals surface area contributed by atoms with Gasteiger partial charge in [0.25, 0.3) is 0 Å². The van der Waals surface area contributed by atoms with E-state index in [-0.39, 0.29) is 5.82 Å². The van der Waals surface area contributed by atoms with Crippen molar-refractivity contribution in [3.05, 3.63) is 76.9 Å². The maximum Gasteiger partial charge on any atom is 0.162 e. The summed E-state index contributed by atoms with van der Waals surface area (Å²) in [4.78, 5) is 4.74. The van der Waals surface area contributed by atoms with E-state index in [4.69, 9.17) is 10.1 Å². The number of aliphatic hydroxyl groups excluding tert-OH is 1. The van der Waals surface area contributed by atoms with Gasteiger partial charge in [-0.1, -0.05) is 30.3 Å². The van der Waals surface area contributed by atoms with E-state index >= 15 is 0 Å². The second-order valence-corrected chi connectivity index (χ2v) is 8.86. The third-order valence-electron chi connectivity index (χ3n) is 6.02. The maximum atomic E-state index is 13.8. The number of fused-ring (bicyclic) bond motifs is 3. The van der Waals surface area contributed by atoms with Crippen molar-refractivity contribution in [3.8, 4) is 22.4 Å². The van der Waals surface area contributed by atoms with Crippen molar-refractivity contribution in [1.82, 2.24) is 19.9 Å². The van der Waals surface area contributed by atoms with Gasteiger partial charge >= 0.3 is 0 Å². The van der Waals surface area contributed by atoms with E-state index < -0.39 is 11.7 Å². The van der Waals surface area contributed by atoms with Gasteiger partial charge in [0.15, 0.2) is 5.65 Å². The van der Waals surface area contributed by atoms with E-state index in [1.54, 1.807) is 24.4 Å². The fourth-order valence-corrected chi connectivity index (χ4v) is 4.26. The Morgan fingerprint density at radius 2 is 1.84 bits per heavy atom. The minimum Gasteiger partial charge on any atom is -0.386 e. The third-order valence-corrected chi connectivity index (χ3v) is 6.02. The number of nitrogens with zero attached hydrogens (tertiary/aromatic N) is 3. The Balaban J connectivity index is 1.76. The number of β-amino-alcohol motifs (C(OH)–C–C–N with tert-alkyl or cyclic N) is 1. The molecule has 0 spiro atoms. The zero-order valence-corrected chi connectivity index (χ0v) is 18.2. The van der Waals surface area contributed by atoms with Crippen molar-refractivity contribution in [1.29, 1.82) is 0 Å². The average molecular weight is 432 g/mol. The number of aliphatic hydroxyl groups is 2. The minimum atomic E-state index is -0.933. The molecular formula is C25H25FN4O2. The van der Waals surface area contributed by atoms with Crippen LogP contribution in [-0.2, 0) is 12.1 Å². The van der Waals surface area contributed by atoms with Gasteiger partial charge in [-0.25, -0.2) is 13.9 Å². The van der Waals surface area contributed by atoms with Crippen molar-refractivity contribution < 1.29 is 14.6 Å². The van der Waals surface area contributed by atoms with Gasteiger partial charge in [0, 0.05) is 24.2 Å². The number of aryl methyl sites for hydroxylation is 1. The van der Waals surface area contributed by atoms with Crippen LogP contribution in [0.4, 0.5) is 4.39 Å². The molecule has 3 N–H and O–H groups in total. The van der Waals surface area contributed by atoms with Crippen molar-refractivity contribution in [3.63, 3.8) is 0 Å². The first-order valence-corrected chi connectivity index (χ1v) is 10.6. The Bertz CT molecular complexity index is 1320. The summed E-state index contributed by atoms with van der Waals surface area (Å²) < 4.78 is 15.6. The molecule has 0 amide bonds. The minimum absolute atomic E-state index is 0.291. The van der Waals surface area contributed by atoms with Gasteiger partial charge in [0.2, 0.25) is 0 Å². The molecule has 5 rings (SSSR count). The first-order chi connectivity index (χ1) is 15.2. The molecular weight excluding hydrogens is 407 g/mol. The number of hydrogen-bond acceptors (Lipinski definition) is 5. The van der Waals surface area contributed by atoms with Crippen LogP contribution in [-0.4, -0.2) is 31.4 Å². The van der Waals surface area contributed by atoms with Gasteiger partial charge in [-0.2, -0.15) is 5.10 Å². The van der Waals surface area contributed by atoms with Crippen LogP contribution in [0.3, 0.4) is 0 Å². The summed E-state index contributed by atoms with van der Waals surface area (Å²) in [5.41, 5.74) is 6.01. The molecule has 1 aliphatic rings. The lowest BCUT2D eigenvalue weighted by Crippen LogP contribution is -2.28. The fraction of sp³-hybridized carbons (Fsp3) is 0.280. The zero-order valence-electron chi connectivity index (χ0n) is 18.2. The van der Waals surface area contributed by atoms with Crippen molar-refractivity contribution in [2.45, 2.75) is 39.0 Å². The zero-order chi connectivity index (χ0) is 22.6. The van der Waals surface area contributed by atoms with Gasteiger partial charge in [-0.15, -0.1) is 0 Å². The Labute approximate surface area is 185 Å². The molecule has 4 aromatic rings. The lowest BCUT2D eigenvalue weighted by Gasteiger charge is -2.18. The molecule has 7 heteroatoms. The van der Waals surface area contributed by atoms with E-state index in [0.29, 0.717) is 24.4 Å². The maximum absolute atomic E-state index is 13.8. The molecule has 32 heavy (non-hydrogen) atoms. The highest BCUT2D eigenvalue weighted by molar-refractivity contribution is 5.83. The molecule has 0 radical (unpaired) electrons. The van der Waals surface area contributed by atoms with Gasteiger partial charge in [0.05, 0.1) is 22.7 Å². The Morgan fingerprint density at radius 1 is 1.09 bits per heavy atom. The molecule has 1 atom stereocenters. The molecule has 0 bridgehead atoms. The van der Waals surface area contributed by atoms with E-state index in [0.717, 1.165) is 39.2 Å². The number of hydrogen-bond donors (Lipinski definition) is 3. The van der Waals surface area contributed by atoms with Gasteiger partial charge < -0.3 is 15.5 Å². The molecule has 0 saturated carbocycles. The monoisotopic (exact) mass is 432 g/mol. The highest BCUT2D eigenvalue weighted by Gasteiger charge is 2.26. The number of halogens is 1. The molecule has 3 heterocycles. The predicted octanol–water partition coefficient (Wildman–Crippen LogP) is 3.87. The molecule has 1 aliphatic heterocycles. The van der Waals surface area contributed by atoms with Crippen LogP contribution in [0.15, 0.2) is 48.5 Å². The highest BCUT2D eigenvalue weighted by atomic mass is 19.1. The SMILES string of the molecule is Cc1cc(F)ccc1-c1cc(-c2ccc(C(C)(C)O)cc2)nn2c3c(nc12)C(O)CNC3. The normalized spacial score (nSPS) is 16.4. The number of imidazole rings is 1. The number of aromatic nitrogens is 3. The van der Waals surface area contributed by atoms with Crippen LogP contribution < -0.4 is 5.32 Å². The van der Waals surface area contributed by atoms with Crippen molar-refractivity contribution in [2.75, 3.05) is 6.54 Å².